The molecule has 0 fully saturated rings. The standard InChI is InChI=1S/C8H15NO/c1-3-4-5-7(2)6-8(9)10/h6H,3-5H2,1-2H3,(H2,9,10). The van der Waals surface area contributed by atoms with Gasteiger partial charge < -0.3 is 5.73 Å². The van der Waals surface area contributed by atoms with Crippen molar-refractivity contribution in [3.05, 3.63) is 11.6 Å². The van der Waals surface area contributed by atoms with Crippen LogP contribution >= 0.6 is 0 Å². The maximum absolute atomic E-state index is 10.3. The van der Waals surface area contributed by atoms with Gasteiger partial charge in [-0.2, -0.15) is 0 Å². The Kier molecular flexibility index (Phi) is 4.63. The van der Waals surface area contributed by atoms with Crippen LogP contribution in [0.15, 0.2) is 11.6 Å². The van der Waals surface area contributed by atoms with Crippen LogP contribution in [-0.4, -0.2) is 5.91 Å². The summed E-state index contributed by atoms with van der Waals surface area (Å²) >= 11 is 0. The summed E-state index contributed by atoms with van der Waals surface area (Å²) in [6.07, 6.45) is 4.77. The van der Waals surface area contributed by atoms with Gasteiger partial charge in [0.1, 0.15) is 0 Å². The van der Waals surface area contributed by atoms with Gasteiger partial charge in [-0.25, -0.2) is 0 Å². The molecule has 0 bridgehead atoms. The zero-order valence-electron chi connectivity index (χ0n) is 6.68. The lowest BCUT2D eigenvalue weighted by Crippen LogP contribution is -2.06. The van der Waals surface area contributed by atoms with E-state index in [1.807, 2.05) is 6.92 Å². The third-order valence-corrected chi connectivity index (χ3v) is 1.31. The third kappa shape index (κ3) is 5.35. The fourth-order valence-corrected chi connectivity index (χ4v) is 0.771. The minimum Gasteiger partial charge on any atom is -0.366 e. The predicted molar refractivity (Wildman–Crippen MR) is 42.5 cm³/mol. The van der Waals surface area contributed by atoms with E-state index in [2.05, 4.69) is 6.92 Å². The van der Waals surface area contributed by atoms with E-state index in [0.717, 1.165) is 24.8 Å². The smallest absolute Gasteiger partial charge is 0.241 e. The number of primary amides is 1. The monoisotopic (exact) mass is 141 g/mol. The molecule has 0 radical (unpaired) electrons. The summed E-state index contributed by atoms with van der Waals surface area (Å²) in [4.78, 5) is 10.3. The van der Waals surface area contributed by atoms with Gasteiger partial charge in [0.25, 0.3) is 0 Å². The molecule has 10 heavy (non-hydrogen) atoms. The molecule has 0 atom stereocenters. The third-order valence-electron chi connectivity index (χ3n) is 1.31. The highest BCUT2D eigenvalue weighted by Gasteiger charge is 1.90. The second-order valence-corrected chi connectivity index (χ2v) is 2.50. The summed E-state index contributed by atoms with van der Waals surface area (Å²) in [6, 6.07) is 0. The van der Waals surface area contributed by atoms with Crippen LogP contribution in [0.5, 0.6) is 0 Å². The van der Waals surface area contributed by atoms with Crippen LogP contribution in [0.1, 0.15) is 33.1 Å². The summed E-state index contributed by atoms with van der Waals surface area (Å²) in [5, 5.41) is 0. The Hall–Kier alpha value is -0.790. The average molecular weight is 141 g/mol. The lowest BCUT2D eigenvalue weighted by atomic mass is 10.1. The Labute approximate surface area is 62.1 Å². The van der Waals surface area contributed by atoms with Crippen LogP contribution < -0.4 is 5.73 Å². The van der Waals surface area contributed by atoms with Crippen LogP contribution in [0.3, 0.4) is 0 Å². The van der Waals surface area contributed by atoms with Gasteiger partial charge in [0.2, 0.25) is 5.91 Å². The summed E-state index contributed by atoms with van der Waals surface area (Å²) in [7, 11) is 0. The van der Waals surface area contributed by atoms with Gasteiger partial charge in [0.05, 0.1) is 0 Å². The van der Waals surface area contributed by atoms with Gasteiger partial charge in [-0.05, 0) is 19.8 Å². The second kappa shape index (κ2) is 5.03. The fourth-order valence-electron chi connectivity index (χ4n) is 0.771. The van der Waals surface area contributed by atoms with Crippen molar-refractivity contribution in [3.63, 3.8) is 0 Å². The zero-order valence-corrected chi connectivity index (χ0v) is 6.68. The van der Waals surface area contributed by atoms with E-state index >= 15 is 0 Å². The summed E-state index contributed by atoms with van der Waals surface area (Å²) in [5.74, 6) is -0.339. The van der Waals surface area contributed by atoms with E-state index in [0.29, 0.717) is 0 Å². The lowest BCUT2D eigenvalue weighted by molar-refractivity contribution is -0.113. The molecular weight excluding hydrogens is 126 g/mol. The molecule has 0 heterocycles. The maximum atomic E-state index is 10.3. The molecule has 1 amide bonds. The first-order chi connectivity index (χ1) is 4.66. The molecule has 58 valence electrons. The summed E-state index contributed by atoms with van der Waals surface area (Å²) in [5.41, 5.74) is 6.03. The molecule has 0 aliphatic carbocycles. The molecular formula is C8H15NO. The fraction of sp³-hybridized carbons (Fsp3) is 0.625. The first-order valence-corrected chi connectivity index (χ1v) is 3.63. The molecule has 2 heteroatoms. The topological polar surface area (TPSA) is 43.1 Å². The first-order valence-electron chi connectivity index (χ1n) is 3.63. The number of rotatable bonds is 4. The number of unbranched alkanes of at least 4 members (excludes halogenated alkanes) is 1. The van der Waals surface area contributed by atoms with Crippen LogP contribution in [0.4, 0.5) is 0 Å². The highest BCUT2D eigenvalue weighted by molar-refractivity contribution is 5.86. The zero-order chi connectivity index (χ0) is 7.98. The van der Waals surface area contributed by atoms with Crippen molar-refractivity contribution >= 4 is 5.91 Å². The van der Waals surface area contributed by atoms with Crippen molar-refractivity contribution < 1.29 is 4.79 Å². The molecule has 0 spiro atoms. The van der Waals surface area contributed by atoms with E-state index in [9.17, 15) is 4.79 Å². The number of nitrogens with two attached hydrogens (primary N) is 1. The Balaban J connectivity index is 3.60. The van der Waals surface area contributed by atoms with Crippen molar-refractivity contribution in [1.82, 2.24) is 0 Å². The van der Waals surface area contributed by atoms with Crippen LogP contribution in [-0.2, 0) is 4.79 Å². The molecule has 0 aromatic rings. The van der Waals surface area contributed by atoms with Gasteiger partial charge in [0.15, 0.2) is 0 Å². The second-order valence-electron chi connectivity index (χ2n) is 2.50. The molecule has 0 rings (SSSR count). The number of hydrogen-bond acceptors (Lipinski definition) is 1. The predicted octanol–water partition coefficient (Wildman–Crippen LogP) is 1.61. The van der Waals surface area contributed by atoms with Gasteiger partial charge in [0, 0.05) is 6.08 Å². The molecule has 0 aromatic carbocycles. The molecule has 2 N–H and O–H groups in total. The van der Waals surface area contributed by atoms with Crippen molar-refractivity contribution in [1.29, 1.82) is 0 Å². The minimum absolute atomic E-state index is 0.339. The first kappa shape index (κ1) is 9.21. The van der Waals surface area contributed by atoms with E-state index in [1.54, 1.807) is 0 Å². The minimum atomic E-state index is -0.339. The van der Waals surface area contributed by atoms with E-state index in [-0.39, 0.29) is 5.91 Å². The van der Waals surface area contributed by atoms with Crippen molar-refractivity contribution in [2.24, 2.45) is 5.73 Å². The molecule has 0 saturated heterocycles. The lowest BCUT2D eigenvalue weighted by Gasteiger charge is -1.95. The maximum Gasteiger partial charge on any atom is 0.241 e. The van der Waals surface area contributed by atoms with Gasteiger partial charge in [-0.15, -0.1) is 0 Å². The number of amides is 1. The Morgan fingerprint density at radius 3 is 2.60 bits per heavy atom. The number of hydrogen-bond donors (Lipinski definition) is 1. The number of allylic oxidation sites excluding steroid dienone is 1. The van der Waals surface area contributed by atoms with Crippen molar-refractivity contribution in [2.45, 2.75) is 33.1 Å². The number of carbonyl (C=O) groups is 1. The van der Waals surface area contributed by atoms with Crippen LogP contribution in [0.2, 0.25) is 0 Å². The summed E-state index contributed by atoms with van der Waals surface area (Å²) < 4.78 is 0. The molecule has 0 aromatic heterocycles. The van der Waals surface area contributed by atoms with Crippen LogP contribution in [0.25, 0.3) is 0 Å². The van der Waals surface area contributed by atoms with Gasteiger partial charge in [-0.3, -0.25) is 4.79 Å². The average Bonchev–Trinajstić information content (AvgIpc) is 1.82. The molecule has 0 aliphatic heterocycles. The van der Waals surface area contributed by atoms with Gasteiger partial charge in [-0.1, -0.05) is 18.9 Å². The van der Waals surface area contributed by atoms with E-state index in [1.165, 1.54) is 6.08 Å². The van der Waals surface area contributed by atoms with Crippen LogP contribution in [0, 0.1) is 0 Å². The molecule has 2 nitrogen and oxygen atoms in total. The Morgan fingerprint density at radius 2 is 2.20 bits per heavy atom. The SMILES string of the molecule is CCCCC(C)=CC(N)=O. The highest BCUT2D eigenvalue weighted by Crippen LogP contribution is 2.04. The molecule has 0 saturated carbocycles. The summed E-state index contributed by atoms with van der Waals surface area (Å²) in [6.45, 7) is 4.05. The highest BCUT2D eigenvalue weighted by atomic mass is 16.1. The normalized spacial score (nSPS) is 11.6. The Bertz CT molecular complexity index is 138. The quantitative estimate of drug-likeness (QED) is 0.594. The van der Waals surface area contributed by atoms with E-state index < -0.39 is 0 Å². The van der Waals surface area contributed by atoms with E-state index in [4.69, 9.17) is 5.73 Å². The van der Waals surface area contributed by atoms with Crippen molar-refractivity contribution in [2.75, 3.05) is 0 Å². The number of carbonyl (C=O) groups excluding carboxylic acids is 1. The van der Waals surface area contributed by atoms with Crippen molar-refractivity contribution in [3.8, 4) is 0 Å². The molecule has 0 aliphatic rings. The largest absolute Gasteiger partial charge is 0.366 e. The molecule has 0 unspecified atom stereocenters. The Morgan fingerprint density at radius 1 is 1.60 bits per heavy atom. The van der Waals surface area contributed by atoms with Gasteiger partial charge >= 0.3 is 0 Å².